The van der Waals surface area contributed by atoms with Crippen LogP contribution >= 0.6 is 0 Å². The van der Waals surface area contributed by atoms with Gasteiger partial charge in [-0.15, -0.1) is 0 Å². The third kappa shape index (κ3) is 4.00. The van der Waals surface area contributed by atoms with Gasteiger partial charge in [0, 0.05) is 12.0 Å². The molecule has 0 amide bonds. The Morgan fingerprint density at radius 3 is 2.33 bits per heavy atom. The van der Waals surface area contributed by atoms with Crippen molar-refractivity contribution in [3.63, 3.8) is 0 Å². The molecule has 0 atom stereocenters. The van der Waals surface area contributed by atoms with Gasteiger partial charge in [0.25, 0.3) is 0 Å². The van der Waals surface area contributed by atoms with Gasteiger partial charge in [0.2, 0.25) is 6.79 Å². The van der Waals surface area contributed by atoms with Crippen LogP contribution in [0.4, 0.5) is 0 Å². The molecule has 2 aromatic rings. The predicted octanol–water partition coefficient (Wildman–Crippen LogP) is 3.86. The molecule has 1 aliphatic rings. The number of carbonyl (C=O) groups excluding carboxylic acids is 1. The smallest absolute Gasteiger partial charge is 0.231 e. The Morgan fingerprint density at radius 1 is 1.04 bits per heavy atom. The van der Waals surface area contributed by atoms with E-state index in [-0.39, 0.29) is 24.7 Å². The number of carbonyl (C=O) groups is 1. The first-order valence-corrected chi connectivity index (χ1v) is 10.5. The second-order valence-corrected chi connectivity index (χ2v) is 10.5. The van der Waals surface area contributed by atoms with Crippen LogP contribution in [0.25, 0.3) is 0 Å². The van der Waals surface area contributed by atoms with Crippen LogP contribution in [0.3, 0.4) is 0 Å². The van der Waals surface area contributed by atoms with Gasteiger partial charge < -0.3 is 9.47 Å². The first-order valence-electron chi connectivity index (χ1n) is 8.81. The second kappa shape index (κ2) is 7.00. The molecule has 1 aliphatic heterocycles. The van der Waals surface area contributed by atoms with E-state index in [0.717, 1.165) is 11.1 Å². The van der Waals surface area contributed by atoms with E-state index in [0.29, 0.717) is 22.6 Å². The molecule has 0 spiro atoms. The molecule has 0 aromatic heterocycles. The second-order valence-electron chi connectivity index (χ2n) is 7.75. The lowest BCUT2D eigenvalue weighted by Gasteiger charge is -2.19. The van der Waals surface area contributed by atoms with Gasteiger partial charge in [0.15, 0.2) is 27.1 Å². The van der Waals surface area contributed by atoms with Crippen molar-refractivity contribution in [1.82, 2.24) is 0 Å². The van der Waals surface area contributed by atoms with Crippen LogP contribution in [0.15, 0.2) is 36.4 Å². The Bertz CT molecular complexity index is 967. The molecule has 0 bridgehead atoms. The number of rotatable bonds is 5. The summed E-state index contributed by atoms with van der Waals surface area (Å²) in [5.74, 6) is 1.34. The highest BCUT2D eigenvalue weighted by Gasteiger charge is 2.29. The van der Waals surface area contributed by atoms with E-state index in [4.69, 9.17) is 9.47 Å². The van der Waals surface area contributed by atoms with Crippen LogP contribution in [-0.2, 0) is 22.0 Å². The minimum atomic E-state index is -3.25. The molecule has 5 nitrogen and oxygen atoms in total. The van der Waals surface area contributed by atoms with Gasteiger partial charge in [-0.25, -0.2) is 8.42 Å². The summed E-state index contributed by atoms with van der Waals surface area (Å²) in [5.41, 5.74) is 3.04. The third-order valence-corrected chi connectivity index (χ3v) is 7.40. The highest BCUT2D eigenvalue weighted by molar-refractivity contribution is 7.91. The molecule has 3 rings (SSSR count). The summed E-state index contributed by atoms with van der Waals surface area (Å²) in [5, 5.41) is 0. The number of ketones is 1. The van der Waals surface area contributed by atoms with E-state index in [1.807, 2.05) is 19.1 Å². The molecular formula is C21H24O5S. The van der Waals surface area contributed by atoms with E-state index >= 15 is 0 Å². The highest BCUT2D eigenvalue weighted by atomic mass is 32.2. The zero-order chi connectivity index (χ0) is 19.8. The van der Waals surface area contributed by atoms with Gasteiger partial charge in [-0.05, 0) is 50.5 Å². The Hall–Kier alpha value is -2.34. The molecule has 144 valence electrons. The van der Waals surface area contributed by atoms with Crippen LogP contribution in [0.5, 0.6) is 11.5 Å². The summed E-state index contributed by atoms with van der Waals surface area (Å²) in [6.45, 7) is 7.18. The topological polar surface area (TPSA) is 69.7 Å². The highest BCUT2D eigenvalue weighted by Crippen LogP contribution is 2.37. The Morgan fingerprint density at radius 2 is 1.70 bits per heavy atom. The standard InChI is InChI=1S/C21H24O5S/c1-14-17(9-10-19-20(14)26-13-25-19)11-18(22)16-7-5-15(6-8-16)12-27(23,24)21(2,3)4/h5-10H,11-13H2,1-4H3. The number of Topliss-reactive ketones (excluding diaryl/α,β-unsaturated/α-hetero) is 1. The SMILES string of the molecule is Cc1c(CC(=O)c2ccc(CS(=O)(=O)C(C)(C)C)cc2)ccc2c1OCO2. The minimum Gasteiger partial charge on any atom is -0.454 e. The zero-order valence-corrected chi connectivity index (χ0v) is 16.9. The number of benzene rings is 2. The third-order valence-electron chi connectivity index (χ3n) is 4.82. The predicted molar refractivity (Wildman–Crippen MR) is 104 cm³/mol. The molecule has 0 unspecified atom stereocenters. The summed E-state index contributed by atoms with van der Waals surface area (Å²) >= 11 is 0. The molecule has 0 saturated heterocycles. The maximum atomic E-state index is 12.6. The van der Waals surface area contributed by atoms with E-state index in [1.54, 1.807) is 45.0 Å². The average molecular weight is 388 g/mol. The van der Waals surface area contributed by atoms with Crippen molar-refractivity contribution in [1.29, 1.82) is 0 Å². The maximum Gasteiger partial charge on any atom is 0.231 e. The van der Waals surface area contributed by atoms with Gasteiger partial charge in [0.05, 0.1) is 10.5 Å². The molecule has 0 fully saturated rings. The van der Waals surface area contributed by atoms with Crippen LogP contribution in [0.1, 0.15) is 47.8 Å². The zero-order valence-electron chi connectivity index (χ0n) is 16.0. The lowest BCUT2D eigenvalue weighted by atomic mass is 9.98. The molecule has 0 saturated carbocycles. The quantitative estimate of drug-likeness (QED) is 0.728. The Kier molecular flexibility index (Phi) is 5.04. The van der Waals surface area contributed by atoms with E-state index in [9.17, 15) is 13.2 Å². The Balaban J connectivity index is 1.74. The fraction of sp³-hybridized carbons (Fsp3) is 0.381. The van der Waals surface area contributed by atoms with E-state index in [1.165, 1.54) is 0 Å². The van der Waals surface area contributed by atoms with Gasteiger partial charge in [-0.1, -0.05) is 30.3 Å². The number of hydrogen-bond donors (Lipinski definition) is 0. The monoisotopic (exact) mass is 388 g/mol. The molecule has 27 heavy (non-hydrogen) atoms. The fourth-order valence-electron chi connectivity index (χ4n) is 2.84. The lowest BCUT2D eigenvalue weighted by molar-refractivity contribution is 0.0992. The van der Waals surface area contributed by atoms with E-state index in [2.05, 4.69) is 0 Å². The molecule has 2 aromatic carbocycles. The molecule has 0 aliphatic carbocycles. The molecule has 0 radical (unpaired) electrons. The van der Waals surface area contributed by atoms with Gasteiger partial charge in [-0.2, -0.15) is 0 Å². The van der Waals surface area contributed by atoms with Crippen molar-refractivity contribution in [3.05, 3.63) is 58.7 Å². The fourth-order valence-corrected chi connectivity index (χ4v) is 3.91. The summed E-state index contributed by atoms with van der Waals surface area (Å²) in [6.07, 6.45) is 0.252. The van der Waals surface area contributed by atoms with E-state index < -0.39 is 14.6 Å². The van der Waals surface area contributed by atoms with Crippen molar-refractivity contribution in [2.45, 2.75) is 44.6 Å². The first kappa shape index (κ1) is 19.4. The van der Waals surface area contributed by atoms with Gasteiger partial charge >= 0.3 is 0 Å². The normalized spacial score (nSPS) is 13.6. The van der Waals surface area contributed by atoms with Crippen LogP contribution < -0.4 is 9.47 Å². The first-order chi connectivity index (χ1) is 12.6. The summed E-state index contributed by atoms with van der Waals surface area (Å²) in [6, 6.07) is 10.5. The van der Waals surface area contributed by atoms with Gasteiger partial charge in [0.1, 0.15) is 0 Å². The largest absolute Gasteiger partial charge is 0.454 e. The summed E-state index contributed by atoms with van der Waals surface area (Å²) < 4.78 is 34.6. The molecule has 6 heteroatoms. The summed E-state index contributed by atoms with van der Waals surface area (Å²) in [4.78, 5) is 12.6. The van der Waals surface area contributed by atoms with Crippen molar-refractivity contribution in [2.75, 3.05) is 6.79 Å². The van der Waals surface area contributed by atoms with Crippen molar-refractivity contribution >= 4 is 15.6 Å². The van der Waals surface area contributed by atoms with Crippen molar-refractivity contribution < 1.29 is 22.7 Å². The number of ether oxygens (including phenoxy) is 2. The number of sulfone groups is 1. The van der Waals surface area contributed by atoms with Crippen molar-refractivity contribution in [3.8, 4) is 11.5 Å². The van der Waals surface area contributed by atoms with Crippen molar-refractivity contribution in [2.24, 2.45) is 0 Å². The maximum absolute atomic E-state index is 12.6. The molecule has 1 heterocycles. The van der Waals surface area contributed by atoms with Crippen LogP contribution in [-0.4, -0.2) is 25.7 Å². The molecule has 0 N–H and O–H groups in total. The Labute approximate surface area is 160 Å². The average Bonchev–Trinajstić information content (AvgIpc) is 3.06. The van der Waals surface area contributed by atoms with Gasteiger partial charge in [-0.3, -0.25) is 4.79 Å². The lowest BCUT2D eigenvalue weighted by Crippen LogP contribution is -2.29. The number of fused-ring (bicyclic) bond motifs is 1. The molecular weight excluding hydrogens is 364 g/mol. The van der Waals surface area contributed by atoms with Crippen LogP contribution in [0, 0.1) is 6.92 Å². The summed E-state index contributed by atoms with van der Waals surface area (Å²) in [7, 11) is -3.25. The number of hydrogen-bond acceptors (Lipinski definition) is 5. The minimum absolute atomic E-state index is 0.0257. The van der Waals surface area contributed by atoms with Crippen LogP contribution in [0.2, 0.25) is 0 Å².